The van der Waals surface area contributed by atoms with Gasteiger partial charge in [0.05, 0.1) is 4.90 Å². The summed E-state index contributed by atoms with van der Waals surface area (Å²) in [6, 6.07) is 6.53. The van der Waals surface area contributed by atoms with Crippen LogP contribution < -0.4 is 5.73 Å². The zero-order valence-electron chi connectivity index (χ0n) is 16.1. The Morgan fingerprint density at radius 2 is 1.70 bits per heavy atom. The smallest absolute Gasteiger partial charge is 0.254 e. The van der Waals surface area contributed by atoms with Crippen molar-refractivity contribution in [2.24, 2.45) is 5.73 Å². The molecule has 150 valence electrons. The standard InChI is InChI=1S/C20H31N3O3S/c1-22(17-7-3-2-4-8-17)27(25,26)19-12-10-16(11-13-19)20(24)23-14-6-5-9-18(23)15-21/h10-13,17-18H,2-9,14-15,21H2,1H3. The lowest BCUT2D eigenvalue weighted by atomic mass is 9.96. The number of hydrogen-bond acceptors (Lipinski definition) is 4. The van der Waals surface area contributed by atoms with E-state index in [-0.39, 0.29) is 22.9 Å². The van der Waals surface area contributed by atoms with Crippen LogP contribution in [0.1, 0.15) is 61.7 Å². The zero-order chi connectivity index (χ0) is 19.4. The topological polar surface area (TPSA) is 83.7 Å². The van der Waals surface area contributed by atoms with Gasteiger partial charge in [0.2, 0.25) is 10.0 Å². The first-order valence-corrected chi connectivity index (χ1v) is 11.5. The summed E-state index contributed by atoms with van der Waals surface area (Å²) in [6.45, 7) is 1.18. The number of nitrogens with two attached hydrogens (primary N) is 1. The van der Waals surface area contributed by atoms with Crippen molar-refractivity contribution in [3.05, 3.63) is 29.8 Å². The van der Waals surface area contributed by atoms with E-state index in [1.54, 1.807) is 31.3 Å². The molecule has 1 saturated carbocycles. The molecule has 3 rings (SSSR count). The van der Waals surface area contributed by atoms with Crippen LogP contribution in [0.15, 0.2) is 29.2 Å². The third-order valence-electron chi connectivity index (χ3n) is 6.03. The fourth-order valence-electron chi connectivity index (χ4n) is 4.26. The first-order valence-electron chi connectivity index (χ1n) is 10.0. The van der Waals surface area contributed by atoms with E-state index in [0.29, 0.717) is 18.7 Å². The second kappa shape index (κ2) is 8.71. The van der Waals surface area contributed by atoms with Crippen molar-refractivity contribution in [1.29, 1.82) is 0 Å². The van der Waals surface area contributed by atoms with Gasteiger partial charge in [0.1, 0.15) is 0 Å². The summed E-state index contributed by atoms with van der Waals surface area (Å²) in [6.07, 6.45) is 8.19. The molecule has 2 N–H and O–H groups in total. The number of carbonyl (C=O) groups excluding carboxylic acids is 1. The van der Waals surface area contributed by atoms with E-state index >= 15 is 0 Å². The molecule has 6 nitrogen and oxygen atoms in total. The number of nitrogens with zero attached hydrogens (tertiary/aromatic N) is 2. The average Bonchev–Trinajstić information content (AvgIpc) is 2.73. The van der Waals surface area contributed by atoms with Gasteiger partial charge in [-0.2, -0.15) is 4.31 Å². The molecule has 1 aromatic carbocycles. The molecule has 1 unspecified atom stereocenters. The van der Waals surface area contributed by atoms with Crippen LogP contribution in [0.5, 0.6) is 0 Å². The lowest BCUT2D eigenvalue weighted by Crippen LogP contribution is -2.47. The number of hydrogen-bond donors (Lipinski definition) is 1. The van der Waals surface area contributed by atoms with Crippen molar-refractivity contribution in [3.63, 3.8) is 0 Å². The van der Waals surface area contributed by atoms with Crippen LogP contribution in [0.3, 0.4) is 0 Å². The minimum atomic E-state index is -3.53. The van der Waals surface area contributed by atoms with Gasteiger partial charge < -0.3 is 10.6 Å². The molecule has 2 fully saturated rings. The van der Waals surface area contributed by atoms with Crippen molar-refractivity contribution in [2.45, 2.75) is 68.3 Å². The second-order valence-electron chi connectivity index (χ2n) is 7.72. The van der Waals surface area contributed by atoms with Gasteiger partial charge >= 0.3 is 0 Å². The quantitative estimate of drug-likeness (QED) is 0.833. The molecular weight excluding hydrogens is 362 g/mol. The van der Waals surface area contributed by atoms with Crippen LogP contribution in [0, 0.1) is 0 Å². The highest BCUT2D eigenvalue weighted by Gasteiger charge is 2.30. The van der Waals surface area contributed by atoms with Crippen molar-refractivity contribution in [3.8, 4) is 0 Å². The highest BCUT2D eigenvalue weighted by Crippen LogP contribution is 2.27. The largest absolute Gasteiger partial charge is 0.334 e. The molecule has 0 bridgehead atoms. The van der Waals surface area contributed by atoms with E-state index < -0.39 is 10.0 Å². The van der Waals surface area contributed by atoms with Crippen molar-refractivity contribution in [1.82, 2.24) is 9.21 Å². The molecular formula is C20H31N3O3S. The zero-order valence-corrected chi connectivity index (χ0v) is 17.0. The van der Waals surface area contributed by atoms with Crippen LogP contribution in [-0.4, -0.2) is 55.8 Å². The lowest BCUT2D eigenvalue weighted by Gasteiger charge is -2.35. The van der Waals surface area contributed by atoms with Crippen LogP contribution in [0.2, 0.25) is 0 Å². The number of amides is 1. The van der Waals surface area contributed by atoms with E-state index in [2.05, 4.69) is 0 Å². The summed E-state index contributed by atoms with van der Waals surface area (Å²) < 4.78 is 27.4. The number of rotatable bonds is 5. The van der Waals surface area contributed by atoms with Crippen molar-refractivity contribution < 1.29 is 13.2 Å². The number of piperidine rings is 1. The molecule has 0 radical (unpaired) electrons. The van der Waals surface area contributed by atoms with E-state index in [4.69, 9.17) is 5.73 Å². The lowest BCUT2D eigenvalue weighted by molar-refractivity contribution is 0.0623. The van der Waals surface area contributed by atoms with Crippen LogP contribution in [0.25, 0.3) is 0 Å². The molecule has 27 heavy (non-hydrogen) atoms. The Kier molecular flexibility index (Phi) is 6.55. The Morgan fingerprint density at radius 1 is 1.07 bits per heavy atom. The van der Waals surface area contributed by atoms with Gasteiger partial charge in [-0.25, -0.2) is 8.42 Å². The number of benzene rings is 1. The molecule has 7 heteroatoms. The van der Waals surface area contributed by atoms with Crippen LogP contribution >= 0.6 is 0 Å². The van der Waals surface area contributed by atoms with E-state index in [9.17, 15) is 13.2 Å². The van der Waals surface area contributed by atoms with Gasteiger partial charge in [-0.05, 0) is 56.4 Å². The van der Waals surface area contributed by atoms with Crippen molar-refractivity contribution in [2.75, 3.05) is 20.1 Å². The van der Waals surface area contributed by atoms with Gasteiger partial charge in [0.25, 0.3) is 5.91 Å². The first-order chi connectivity index (χ1) is 12.9. The summed E-state index contributed by atoms with van der Waals surface area (Å²) in [4.78, 5) is 14.9. The van der Waals surface area contributed by atoms with Gasteiger partial charge in [0, 0.05) is 37.8 Å². The molecule has 2 aliphatic rings. The third-order valence-corrected chi connectivity index (χ3v) is 7.95. The molecule has 1 aromatic rings. The molecule has 0 spiro atoms. The predicted molar refractivity (Wildman–Crippen MR) is 106 cm³/mol. The highest BCUT2D eigenvalue weighted by atomic mass is 32.2. The number of carbonyl (C=O) groups is 1. The molecule has 1 atom stereocenters. The van der Waals surface area contributed by atoms with E-state index in [1.807, 2.05) is 4.90 Å². The maximum Gasteiger partial charge on any atom is 0.254 e. The number of sulfonamides is 1. The Balaban J connectivity index is 1.75. The summed E-state index contributed by atoms with van der Waals surface area (Å²) >= 11 is 0. The maximum absolute atomic E-state index is 12.9. The molecule has 1 heterocycles. The second-order valence-corrected chi connectivity index (χ2v) is 9.72. The molecule has 0 aromatic heterocycles. The van der Waals surface area contributed by atoms with Crippen LogP contribution in [0.4, 0.5) is 0 Å². The maximum atomic E-state index is 12.9. The predicted octanol–water partition coefficient (Wildman–Crippen LogP) is 2.59. The SMILES string of the molecule is CN(C1CCCCC1)S(=O)(=O)c1ccc(C(=O)N2CCCCC2CN)cc1. The Morgan fingerprint density at radius 3 is 2.33 bits per heavy atom. The molecule has 1 saturated heterocycles. The highest BCUT2D eigenvalue weighted by molar-refractivity contribution is 7.89. The fourth-order valence-corrected chi connectivity index (χ4v) is 5.67. The fraction of sp³-hybridized carbons (Fsp3) is 0.650. The van der Waals surface area contributed by atoms with Gasteiger partial charge in [-0.3, -0.25) is 4.79 Å². The normalized spacial score (nSPS) is 22.2. The van der Waals surface area contributed by atoms with Gasteiger partial charge in [0.15, 0.2) is 0 Å². The average molecular weight is 394 g/mol. The molecule has 1 aliphatic heterocycles. The molecule has 1 amide bonds. The van der Waals surface area contributed by atoms with Gasteiger partial charge in [-0.15, -0.1) is 0 Å². The monoisotopic (exact) mass is 393 g/mol. The summed E-state index contributed by atoms with van der Waals surface area (Å²) in [5.41, 5.74) is 6.34. The van der Waals surface area contributed by atoms with Crippen molar-refractivity contribution >= 4 is 15.9 Å². The van der Waals surface area contributed by atoms with E-state index in [1.165, 1.54) is 10.7 Å². The third kappa shape index (κ3) is 4.36. The minimum Gasteiger partial charge on any atom is -0.334 e. The van der Waals surface area contributed by atoms with E-state index in [0.717, 1.165) is 44.9 Å². The summed E-state index contributed by atoms with van der Waals surface area (Å²) in [7, 11) is -1.86. The Bertz CT molecular complexity index is 742. The first kappa shape index (κ1) is 20.3. The Hall–Kier alpha value is -1.44. The minimum absolute atomic E-state index is 0.0604. The summed E-state index contributed by atoms with van der Waals surface area (Å²) in [5, 5.41) is 0. The molecule has 1 aliphatic carbocycles. The van der Waals surface area contributed by atoms with Gasteiger partial charge in [-0.1, -0.05) is 19.3 Å². The van der Waals surface area contributed by atoms with Crippen LogP contribution in [-0.2, 0) is 10.0 Å². The Labute approximate surface area is 162 Å². The number of likely N-dealkylation sites (tertiary alicyclic amines) is 1. The summed E-state index contributed by atoms with van der Waals surface area (Å²) in [5.74, 6) is -0.0604.